The van der Waals surface area contributed by atoms with Gasteiger partial charge in [0.2, 0.25) is 5.91 Å². The molecule has 4 rings (SSSR count). The van der Waals surface area contributed by atoms with E-state index in [1.807, 2.05) is 91.0 Å². The minimum absolute atomic E-state index is 0.168. The minimum Gasteiger partial charge on any atom is -0.323 e. The molecule has 0 atom stereocenters. The van der Waals surface area contributed by atoms with Crippen LogP contribution >= 0.6 is 0 Å². The molecule has 0 saturated carbocycles. The summed E-state index contributed by atoms with van der Waals surface area (Å²) in [5.41, 5.74) is 3.45. The molecule has 0 heterocycles. The summed E-state index contributed by atoms with van der Waals surface area (Å²) in [6.45, 7) is 0. The summed E-state index contributed by atoms with van der Waals surface area (Å²) in [7, 11) is 0. The van der Waals surface area contributed by atoms with E-state index in [4.69, 9.17) is 0 Å². The molecule has 0 aliphatic rings. The molecule has 4 aromatic rings. The lowest BCUT2D eigenvalue weighted by Gasteiger charge is -2.19. The van der Waals surface area contributed by atoms with Gasteiger partial charge in [-0.25, -0.2) is 0 Å². The second-order valence-corrected chi connectivity index (χ2v) is 7.11. The first kappa shape index (κ1) is 20.1. The Hall–Kier alpha value is -4.18. The molecule has 0 aromatic heterocycles. The summed E-state index contributed by atoms with van der Waals surface area (Å²) in [5, 5.41) is 5.91. The summed E-state index contributed by atoms with van der Waals surface area (Å²) < 4.78 is 0. The number of carbonyl (C=O) groups is 2. The first-order chi connectivity index (χ1) is 15.2. The van der Waals surface area contributed by atoms with Crippen LogP contribution in [0.4, 0.5) is 11.4 Å². The Labute approximate surface area is 181 Å². The standard InChI is InChI=1S/C27H22N2O2/c30-26(22-16-8-3-9-17-22)28-23-18-10-11-19-24(23)29-27(31)25(20-12-4-1-5-13-20)21-14-6-2-7-15-21/h1-19,25H,(H,28,30)(H,29,31). The Bertz CT molecular complexity index is 1120. The number of carbonyl (C=O) groups excluding carboxylic acids is 2. The second-order valence-electron chi connectivity index (χ2n) is 7.11. The average molecular weight is 406 g/mol. The topological polar surface area (TPSA) is 58.2 Å². The molecular weight excluding hydrogens is 384 g/mol. The van der Waals surface area contributed by atoms with Gasteiger partial charge in [-0.05, 0) is 35.4 Å². The van der Waals surface area contributed by atoms with Crippen molar-refractivity contribution in [2.24, 2.45) is 0 Å². The third kappa shape index (κ3) is 4.87. The predicted octanol–water partition coefficient (Wildman–Crippen LogP) is 5.71. The number of nitrogens with one attached hydrogen (secondary N) is 2. The van der Waals surface area contributed by atoms with Gasteiger partial charge in [0, 0.05) is 5.56 Å². The van der Waals surface area contributed by atoms with E-state index in [1.54, 1.807) is 24.3 Å². The normalized spacial score (nSPS) is 10.5. The molecule has 0 saturated heterocycles. The number of amides is 2. The first-order valence-electron chi connectivity index (χ1n) is 10.1. The fourth-order valence-corrected chi connectivity index (χ4v) is 3.48. The Kier molecular flexibility index (Phi) is 6.19. The SMILES string of the molecule is O=C(Nc1ccccc1NC(=O)C(c1ccccc1)c1ccccc1)c1ccccc1. The van der Waals surface area contributed by atoms with Crippen LogP contribution in [0.5, 0.6) is 0 Å². The first-order valence-corrected chi connectivity index (χ1v) is 10.1. The van der Waals surface area contributed by atoms with E-state index in [0.29, 0.717) is 16.9 Å². The van der Waals surface area contributed by atoms with Crippen molar-refractivity contribution in [1.82, 2.24) is 0 Å². The van der Waals surface area contributed by atoms with Gasteiger partial charge in [-0.1, -0.05) is 91.0 Å². The maximum atomic E-state index is 13.4. The Morgan fingerprint density at radius 1 is 0.516 bits per heavy atom. The van der Waals surface area contributed by atoms with Gasteiger partial charge in [-0.2, -0.15) is 0 Å². The number of rotatable bonds is 6. The van der Waals surface area contributed by atoms with E-state index >= 15 is 0 Å². The van der Waals surface area contributed by atoms with Gasteiger partial charge in [0.15, 0.2) is 0 Å². The second kappa shape index (κ2) is 9.55. The van der Waals surface area contributed by atoms with Crippen LogP contribution in [0.3, 0.4) is 0 Å². The Balaban J connectivity index is 1.61. The van der Waals surface area contributed by atoms with E-state index < -0.39 is 5.92 Å². The predicted molar refractivity (Wildman–Crippen MR) is 124 cm³/mol. The fraction of sp³-hybridized carbons (Fsp3) is 0.0370. The third-order valence-electron chi connectivity index (χ3n) is 5.00. The number of hydrogen-bond donors (Lipinski definition) is 2. The molecule has 2 N–H and O–H groups in total. The lowest BCUT2D eigenvalue weighted by atomic mass is 9.90. The molecule has 152 valence electrons. The molecule has 0 aliphatic carbocycles. The zero-order valence-corrected chi connectivity index (χ0v) is 16.9. The molecule has 0 spiro atoms. The van der Waals surface area contributed by atoms with Gasteiger partial charge < -0.3 is 10.6 Å². The third-order valence-corrected chi connectivity index (χ3v) is 5.00. The largest absolute Gasteiger partial charge is 0.323 e. The number of hydrogen-bond acceptors (Lipinski definition) is 2. The van der Waals surface area contributed by atoms with E-state index in [0.717, 1.165) is 11.1 Å². The maximum Gasteiger partial charge on any atom is 0.255 e. The quantitative estimate of drug-likeness (QED) is 0.431. The van der Waals surface area contributed by atoms with Crippen molar-refractivity contribution < 1.29 is 9.59 Å². The summed E-state index contributed by atoms with van der Waals surface area (Å²) in [5.74, 6) is -0.871. The van der Waals surface area contributed by atoms with Crippen molar-refractivity contribution in [3.05, 3.63) is 132 Å². The van der Waals surface area contributed by atoms with Crippen LogP contribution in [-0.4, -0.2) is 11.8 Å². The highest BCUT2D eigenvalue weighted by Crippen LogP contribution is 2.28. The van der Waals surface area contributed by atoms with Crippen LogP contribution in [0, 0.1) is 0 Å². The van der Waals surface area contributed by atoms with Gasteiger partial charge in [0.05, 0.1) is 17.3 Å². The molecule has 0 fully saturated rings. The zero-order chi connectivity index (χ0) is 21.5. The van der Waals surface area contributed by atoms with Gasteiger partial charge in [-0.3, -0.25) is 9.59 Å². The van der Waals surface area contributed by atoms with Gasteiger partial charge in [0.1, 0.15) is 0 Å². The highest BCUT2D eigenvalue weighted by molar-refractivity contribution is 6.08. The van der Waals surface area contributed by atoms with Gasteiger partial charge >= 0.3 is 0 Å². The van der Waals surface area contributed by atoms with Gasteiger partial charge in [0.25, 0.3) is 5.91 Å². The molecular formula is C27H22N2O2. The number of para-hydroxylation sites is 2. The lowest BCUT2D eigenvalue weighted by molar-refractivity contribution is -0.116. The fourth-order valence-electron chi connectivity index (χ4n) is 3.48. The van der Waals surface area contributed by atoms with Crippen molar-refractivity contribution in [2.75, 3.05) is 10.6 Å². The zero-order valence-electron chi connectivity index (χ0n) is 16.9. The molecule has 31 heavy (non-hydrogen) atoms. The van der Waals surface area contributed by atoms with E-state index in [1.165, 1.54) is 0 Å². The van der Waals surface area contributed by atoms with Crippen molar-refractivity contribution >= 4 is 23.2 Å². The van der Waals surface area contributed by atoms with E-state index in [2.05, 4.69) is 10.6 Å². The molecule has 0 aliphatic heterocycles. The molecule has 0 unspecified atom stereocenters. The van der Waals surface area contributed by atoms with Crippen molar-refractivity contribution in [1.29, 1.82) is 0 Å². The summed E-state index contributed by atoms with van der Waals surface area (Å²) in [6.07, 6.45) is 0. The minimum atomic E-state index is -0.472. The monoisotopic (exact) mass is 406 g/mol. The summed E-state index contributed by atoms with van der Waals surface area (Å²) in [6, 6.07) is 35.5. The van der Waals surface area contributed by atoms with Crippen LogP contribution in [0.2, 0.25) is 0 Å². The Morgan fingerprint density at radius 2 is 0.935 bits per heavy atom. The maximum absolute atomic E-state index is 13.4. The average Bonchev–Trinajstić information content (AvgIpc) is 2.82. The molecule has 4 aromatic carbocycles. The van der Waals surface area contributed by atoms with Crippen molar-refractivity contribution in [3.63, 3.8) is 0 Å². The van der Waals surface area contributed by atoms with E-state index in [9.17, 15) is 9.59 Å². The van der Waals surface area contributed by atoms with Crippen LogP contribution < -0.4 is 10.6 Å². The summed E-state index contributed by atoms with van der Waals surface area (Å²) >= 11 is 0. The summed E-state index contributed by atoms with van der Waals surface area (Å²) in [4.78, 5) is 26.0. The molecule has 0 radical (unpaired) electrons. The highest BCUT2D eigenvalue weighted by atomic mass is 16.2. The highest BCUT2D eigenvalue weighted by Gasteiger charge is 2.23. The van der Waals surface area contributed by atoms with Crippen LogP contribution in [-0.2, 0) is 4.79 Å². The smallest absolute Gasteiger partial charge is 0.255 e. The lowest BCUT2D eigenvalue weighted by Crippen LogP contribution is -2.23. The van der Waals surface area contributed by atoms with Crippen molar-refractivity contribution in [2.45, 2.75) is 5.92 Å². The van der Waals surface area contributed by atoms with Crippen LogP contribution in [0.15, 0.2) is 115 Å². The number of benzene rings is 4. The number of anilines is 2. The molecule has 4 nitrogen and oxygen atoms in total. The van der Waals surface area contributed by atoms with Crippen LogP contribution in [0.25, 0.3) is 0 Å². The molecule has 2 amide bonds. The Morgan fingerprint density at radius 3 is 1.45 bits per heavy atom. The molecule has 4 heteroatoms. The van der Waals surface area contributed by atoms with Crippen LogP contribution in [0.1, 0.15) is 27.4 Å². The van der Waals surface area contributed by atoms with E-state index in [-0.39, 0.29) is 11.8 Å². The molecule has 0 bridgehead atoms. The van der Waals surface area contributed by atoms with Crippen molar-refractivity contribution in [3.8, 4) is 0 Å². The van der Waals surface area contributed by atoms with Gasteiger partial charge in [-0.15, -0.1) is 0 Å².